The minimum absolute atomic E-state index is 0.582. The fourth-order valence-corrected chi connectivity index (χ4v) is 11.3. The van der Waals surface area contributed by atoms with E-state index >= 15 is 0 Å². The van der Waals surface area contributed by atoms with Gasteiger partial charge in [0.2, 0.25) is 17.7 Å². The standard InChI is InChI=1S/C49H83N3O35/c1-12-23(50-13(2)59)30(66)39(19(8-56)76-12)83-44-24(51-14(3)60)31(67)41(21(10-58)80-44)85-48-38(74)42(29(65)22(82-48)11-75-46-36(72)33(69)26(62)16(5-53)77-46)86-49-43(35(71)28(64)18(7-55)79-49)87-45-25(52-15(4)61)32(68)40(20(9-57)81-45)84-47-37(73)34(70)27(63)17(6-54)78-47/h12,16-49,53-58,62-74H,5-11H2,1-4H3,(H,50,59)(H,51,60)(H,52,61)/t12-,16?,17?,18+,19?,20?,21?,22?,23+,24-,25-,26+,27-,28+,29+,30?,31?,32?,33?,34?,35?,36+,37-,38+,39+,40+,41+,42?,43?,44-,45-,46-,47-,48-,49+/m0/s1. The second-order valence-electron chi connectivity index (χ2n) is 22.1. The van der Waals surface area contributed by atoms with Crippen molar-refractivity contribution < 1.29 is 173 Å². The predicted octanol–water partition coefficient (Wildman–Crippen LogP) is -14.8. The molecule has 38 nitrogen and oxygen atoms in total. The van der Waals surface area contributed by atoms with E-state index in [9.17, 15) is 111 Å². The van der Waals surface area contributed by atoms with E-state index in [2.05, 4.69) is 16.0 Å². The zero-order chi connectivity index (χ0) is 64.2. The minimum atomic E-state index is -2.39. The van der Waals surface area contributed by atoms with Crippen LogP contribution in [-0.4, -0.2) is 376 Å². The lowest BCUT2D eigenvalue weighted by Crippen LogP contribution is -2.70. The number of amides is 3. The molecule has 3 amide bonds. The van der Waals surface area contributed by atoms with Gasteiger partial charge >= 0.3 is 0 Å². The van der Waals surface area contributed by atoms with Crippen LogP contribution in [0, 0.1) is 0 Å². The largest absolute Gasteiger partial charge is 0.394 e. The van der Waals surface area contributed by atoms with E-state index in [1.54, 1.807) is 0 Å². The van der Waals surface area contributed by atoms with Crippen LogP contribution < -0.4 is 16.0 Å². The van der Waals surface area contributed by atoms with Crippen LogP contribution >= 0.6 is 0 Å². The number of carbonyl (C=O) groups is 3. The summed E-state index contributed by atoms with van der Waals surface area (Å²) in [6.45, 7) is -2.12. The molecule has 0 saturated carbocycles. The van der Waals surface area contributed by atoms with Gasteiger partial charge in [-0.1, -0.05) is 0 Å². The number of carbonyl (C=O) groups excluding carboxylic acids is 3. The molecule has 0 radical (unpaired) electrons. The van der Waals surface area contributed by atoms with Gasteiger partial charge in [0.05, 0.1) is 58.4 Å². The van der Waals surface area contributed by atoms with Crippen molar-refractivity contribution >= 4 is 17.7 Å². The van der Waals surface area contributed by atoms with Crippen LogP contribution in [0.1, 0.15) is 27.7 Å². The van der Waals surface area contributed by atoms with E-state index < -0.39 is 279 Å². The summed E-state index contributed by atoms with van der Waals surface area (Å²) >= 11 is 0. The molecule has 87 heavy (non-hydrogen) atoms. The topological polar surface area (TPSA) is 592 Å². The molecule has 0 aliphatic carbocycles. The lowest BCUT2D eigenvalue weighted by molar-refractivity contribution is -0.397. The van der Waals surface area contributed by atoms with Crippen LogP contribution in [0.5, 0.6) is 0 Å². The number of ether oxygens (including phenoxy) is 13. The highest BCUT2D eigenvalue weighted by molar-refractivity contribution is 5.74. The maximum Gasteiger partial charge on any atom is 0.217 e. The number of nitrogens with one attached hydrogen (secondary N) is 3. The van der Waals surface area contributed by atoms with Crippen LogP contribution in [0.4, 0.5) is 0 Å². The molecule has 38 heteroatoms. The summed E-state index contributed by atoms with van der Waals surface area (Å²) in [6.07, 6.45) is -61.2. The van der Waals surface area contributed by atoms with E-state index in [1.165, 1.54) is 6.92 Å². The fourth-order valence-electron chi connectivity index (χ4n) is 11.3. The first-order chi connectivity index (χ1) is 41.1. The van der Waals surface area contributed by atoms with Crippen molar-refractivity contribution in [1.29, 1.82) is 0 Å². The number of hydrogen-bond donors (Lipinski definition) is 22. The summed E-state index contributed by atoms with van der Waals surface area (Å²) in [5, 5.41) is 215. The average molecular weight is 1270 g/mol. The molecule has 7 fully saturated rings. The Kier molecular flexibility index (Phi) is 25.6. The number of aliphatic hydroxyl groups excluding tert-OH is 19. The van der Waals surface area contributed by atoms with Gasteiger partial charge in [0.15, 0.2) is 37.7 Å². The highest BCUT2D eigenvalue weighted by Crippen LogP contribution is 2.38. The third kappa shape index (κ3) is 15.8. The highest BCUT2D eigenvalue weighted by Gasteiger charge is 2.59. The molecule has 7 saturated heterocycles. The molecule has 0 spiro atoms. The molecule has 7 aliphatic heterocycles. The van der Waals surface area contributed by atoms with Crippen molar-refractivity contribution in [3.05, 3.63) is 0 Å². The van der Waals surface area contributed by atoms with Gasteiger partial charge in [0.25, 0.3) is 0 Å². The SMILES string of the molecule is CC(=O)N[C@H]1C(O)[C@H](O[C@@H]2OC(CO)[C@H](O)C(O)[C@@H]2O)C(CO)O[C@H]1OC1C(O)[C@H](O)[C@@H](CO)O[C@@H]1OC1[C@H](O)C(CO[C@H]2OC(CO)[C@@H](O)C(O)[C@H]2O)O[C@@H](O[C@@H]2C(CO)O[C@@H](O[C@@H]3C(CO)O[C@@H](C)[C@@H](NC(C)=O)C3O)[C@@H](NC(C)=O)C2O)[C@@H]1O. The second kappa shape index (κ2) is 31.2. The van der Waals surface area contributed by atoms with Crippen LogP contribution in [0.2, 0.25) is 0 Å². The van der Waals surface area contributed by atoms with E-state index in [0.29, 0.717) is 0 Å². The Morgan fingerprint density at radius 3 is 1.08 bits per heavy atom. The van der Waals surface area contributed by atoms with E-state index in [1.807, 2.05) is 0 Å². The molecular formula is C49H83N3O35. The van der Waals surface area contributed by atoms with Gasteiger partial charge in [-0.15, -0.1) is 0 Å². The molecule has 22 N–H and O–H groups in total. The summed E-state index contributed by atoms with van der Waals surface area (Å²) in [4.78, 5) is 37.6. The zero-order valence-electron chi connectivity index (χ0n) is 47.2. The van der Waals surface area contributed by atoms with Gasteiger partial charge in [-0.05, 0) is 6.92 Å². The molecule has 0 aromatic rings. The van der Waals surface area contributed by atoms with Gasteiger partial charge < -0.3 is 175 Å². The first-order valence-electron chi connectivity index (χ1n) is 27.9. The van der Waals surface area contributed by atoms with Crippen molar-refractivity contribution in [3.63, 3.8) is 0 Å². The monoisotopic (exact) mass is 1270 g/mol. The van der Waals surface area contributed by atoms with Crippen molar-refractivity contribution in [3.8, 4) is 0 Å². The van der Waals surface area contributed by atoms with Crippen molar-refractivity contribution in [2.75, 3.05) is 46.2 Å². The van der Waals surface area contributed by atoms with Crippen LogP contribution in [0.15, 0.2) is 0 Å². The van der Waals surface area contributed by atoms with Gasteiger partial charge in [-0.2, -0.15) is 0 Å². The maximum absolute atomic E-state index is 12.8. The normalized spacial score (nSPS) is 48.9. The summed E-state index contributed by atoms with van der Waals surface area (Å²) in [6, 6.07) is -4.73. The molecule has 504 valence electrons. The number of aliphatic hydroxyl groups is 19. The molecule has 7 aliphatic rings. The van der Waals surface area contributed by atoms with E-state index in [4.69, 9.17) is 61.6 Å². The van der Waals surface area contributed by atoms with Crippen molar-refractivity contribution in [1.82, 2.24) is 16.0 Å². The first-order valence-corrected chi connectivity index (χ1v) is 27.9. The maximum atomic E-state index is 12.8. The summed E-state index contributed by atoms with van der Waals surface area (Å²) in [5.41, 5.74) is 0. The van der Waals surface area contributed by atoms with Gasteiger partial charge in [0.1, 0.15) is 165 Å². The Balaban J connectivity index is 1.20. The van der Waals surface area contributed by atoms with Gasteiger partial charge in [-0.25, -0.2) is 0 Å². The highest BCUT2D eigenvalue weighted by atomic mass is 16.8. The number of hydrogen-bond acceptors (Lipinski definition) is 35. The van der Waals surface area contributed by atoms with Crippen LogP contribution in [0.3, 0.4) is 0 Å². The molecule has 0 aromatic heterocycles. The van der Waals surface area contributed by atoms with Gasteiger partial charge in [-0.3, -0.25) is 14.4 Å². The smallest absolute Gasteiger partial charge is 0.217 e. The average Bonchev–Trinajstić information content (AvgIpc) is 3.00. The van der Waals surface area contributed by atoms with Gasteiger partial charge in [0, 0.05) is 20.8 Å². The second-order valence-corrected chi connectivity index (χ2v) is 22.1. The van der Waals surface area contributed by atoms with Crippen molar-refractivity contribution in [2.45, 2.75) is 242 Å². The third-order valence-corrected chi connectivity index (χ3v) is 16.0. The fraction of sp³-hybridized carbons (Fsp3) is 0.939. The van der Waals surface area contributed by atoms with Crippen LogP contribution in [0.25, 0.3) is 0 Å². The Hall–Kier alpha value is -2.87. The Morgan fingerprint density at radius 1 is 0.310 bits per heavy atom. The molecule has 14 unspecified atom stereocenters. The Labute approximate surface area is 494 Å². The quantitative estimate of drug-likeness (QED) is 0.0479. The summed E-state index contributed by atoms with van der Waals surface area (Å²) in [7, 11) is 0. The molecule has 7 rings (SSSR count). The Morgan fingerprint density at radius 2 is 0.632 bits per heavy atom. The number of rotatable bonds is 22. The third-order valence-electron chi connectivity index (χ3n) is 16.0. The summed E-state index contributed by atoms with van der Waals surface area (Å²) in [5.74, 6) is -2.31. The zero-order valence-corrected chi connectivity index (χ0v) is 47.2. The van der Waals surface area contributed by atoms with E-state index in [0.717, 1.165) is 20.8 Å². The van der Waals surface area contributed by atoms with Crippen molar-refractivity contribution in [2.24, 2.45) is 0 Å². The molecule has 7 heterocycles. The molecule has 35 atom stereocenters. The predicted molar refractivity (Wildman–Crippen MR) is 270 cm³/mol. The van der Waals surface area contributed by atoms with E-state index in [-0.39, 0.29) is 0 Å². The lowest BCUT2D eigenvalue weighted by atomic mass is 9.92. The minimum Gasteiger partial charge on any atom is -0.394 e. The molecular weight excluding hydrogens is 1190 g/mol. The Bertz CT molecular complexity index is 2180. The summed E-state index contributed by atoms with van der Waals surface area (Å²) < 4.78 is 76.3. The first kappa shape index (κ1) is 71.6. The molecule has 0 aromatic carbocycles. The molecule has 0 bridgehead atoms. The van der Waals surface area contributed by atoms with Crippen LogP contribution in [-0.2, 0) is 76.0 Å². The lowest BCUT2D eigenvalue weighted by Gasteiger charge is -2.51.